The second-order valence-corrected chi connectivity index (χ2v) is 14.1. The lowest BCUT2D eigenvalue weighted by atomic mass is 9.47. The smallest absolute Gasteiger partial charge is 0.261 e. The molecule has 3 heterocycles. The number of nitrogens with zero attached hydrogens (tertiary/aromatic N) is 2. The first-order valence-corrected chi connectivity index (χ1v) is 17.0. The molecule has 2 aromatic rings. The van der Waals surface area contributed by atoms with Gasteiger partial charge in [0.1, 0.15) is 59.4 Å². The summed E-state index contributed by atoms with van der Waals surface area (Å²) in [6.07, 6.45) is 3.28. The van der Waals surface area contributed by atoms with E-state index in [0.29, 0.717) is 45.6 Å². The Morgan fingerprint density at radius 3 is 2.28 bits per heavy atom. The maximum absolute atomic E-state index is 10.7. The Morgan fingerprint density at radius 1 is 0.920 bits per heavy atom. The van der Waals surface area contributed by atoms with E-state index in [2.05, 4.69) is 0 Å². The van der Waals surface area contributed by atoms with Crippen molar-refractivity contribution < 1.29 is 49.1 Å². The largest absolute Gasteiger partial charge is 0.462 e. The Kier molecular flexibility index (Phi) is 8.34. The third-order valence-corrected chi connectivity index (χ3v) is 11.5. The molecule has 6 atom stereocenters. The van der Waals surface area contributed by atoms with Gasteiger partial charge in [0.15, 0.2) is 5.60 Å². The molecule has 3 aliphatic heterocycles. The topological polar surface area (TPSA) is 184 Å². The van der Waals surface area contributed by atoms with E-state index in [1.807, 2.05) is 30.3 Å². The van der Waals surface area contributed by atoms with Crippen LogP contribution >= 0.6 is 0 Å². The van der Waals surface area contributed by atoms with Gasteiger partial charge in [0.2, 0.25) is 6.29 Å². The van der Waals surface area contributed by atoms with Crippen LogP contribution in [0, 0.1) is 46.3 Å². The average Bonchev–Trinajstić information content (AvgIpc) is 3.11. The van der Waals surface area contributed by atoms with Gasteiger partial charge in [-0.15, -0.1) is 0 Å². The van der Waals surface area contributed by atoms with E-state index in [-0.39, 0.29) is 23.2 Å². The lowest BCUT2D eigenvalue weighted by Crippen LogP contribution is -2.76. The van der Waals surface area contributed by atoms with E-state index in [1.165, 1.54) is 6.42 Å². The predicted molar refractivity (Wildman–Crippen MR) is 174 cm³/mol. The first kappa shape index (κ1) is 33.1. The molecule has 2 saturated heterocycles. The quantitative estimate of drug-likeness (QED) is 0.246. The number of hydrogen-bond acceptors (Lipinski definition) is 12. The van der Waals surface area contributed by atoms with Gasteiger partial charge in [-0.1, -0.05) is 30.3 Å². The minimum absolute atomic E-state index is 0.0378. The molecule has 12 nitrogen and oxygen atoms in total. The van der Waals surface area contributed by atoms with Crippen molar-refractivity contribution in [3.63, 3.8) is 0 Å². The third kappa shape index (κ3) is 4.94. The predicted octanol–water partition coefficient (Wildman–Crippen LogP) is 3.61. The molecule has 0 radical (unpaired) electrons. The first-order valence-electron chi connectivity index (χ1n) is 17.0. The highest BCUT2D eigenvalue weighted by Crippen LogP contribution is 2.69. The van der Waals surface area contributed by atoms with E-state index >= 15 is 0 Å². The summed E-state index contributed by atoms with van der Waals surface area (Å²) in [6.45, 7) is -0.589. The Labute approximate surface area is 288 Å². The third-order valence-electron chi connectivity index (χ3n) is 11.5. The summed E-state index contributed by atoms with van der Waals surface area (Å²) < 4.78 is 24.3. The fraction of sp³-hybridized carbons (Fsp3) is 0.474. The Bertz CT molecular complexity index is 1810. The highest BCUT2D eigenvalue weighted by Gasteiger charge is 2.77. The van der Waals surface area contributed by atoms with Crippen molar-refractivity contribution >= 4 is 11.6 Å². The number of methoxy groups -OCH3 is 1. The highest BCUT2D eigenvalue weighted by atomic mass is 17.3. The average molecular weight is 683 g/mol. The molecule has 12 heteroatoms. The number of rotatable bonds is 7. The van der Waals surface area contributed by atoms with Crippen LogP contribution in [0.5, 0.6) is 11.5 Å². The first-order chi connectivity index (χ1) is 24.2. The van der Waals surface area contributed by atoms with Crippen LogP contribution in [0.3, 0.4) is 0 Å². The molecule has 9 rings (SSSR count). The van der Waals surface area contributed by atoms with Crippen LogP contribution < -0.4 is 9.47 Å². The van der Waals surface area contributed by atoms with E-state index in [1.54, 1.807) is 49.6 Å². The SMILES string of the molecule is COC1(c2cc(O[C@@H]3OC(CO)[C@H](O)C(O)C3O)ccc2/C=C/C2=CC(=C(C#N)C#N)c3ccccc3O2)OOC12C1CC3CC(C1)CC2C3. The summed E-state index contributed by atoms with van der Waals surface area (Å²) in [7, 11) is 1.60. The second kappa shape index (κ2) is 12.6. The Balaban J connectivity index is 1.20. The molecule has 0 amide bonds. The fourth-order valence-electron chi connectivity index (χ4n) is 9.43. The number of hydrogen-bond donors (Lipinski definition) is 4. The zero-order valence-electron chi connectivity index (χ0n) is 27.3. The minimum Gasteiger partial charge on any atom is -0.462 e. The van der Waals surface area contributed by atoms with Gasteiger partial charge in [0.25, 0.3) is 5.79 Å². The molecule has 1 spiro atoms. The molecule has 7 aliphatic rings. The van der Waals surface area contributed by atoms with Gasteiger partial charge in [-0.25, -0.2) is 4.89 Å². The van der Waals surface area contributed by atoms with Gasteiger partial charge in [-0.3, -0.25) is 0 Å². The van der Waals surface area contributed by atoms with E-state index in [9.17, 15) is 30.9 Å². The molecule has 260 valence electrons. The lowest BCUT2D eigenvalue weighted by molar-refractivity contribution is -0.645. The van der Waals surface area contributed by atoms with Crippen molar-refractivity contribution in [1.82, 2.24) is 0 Å². The Hall–Kier alpha value is -4.08. The maximum Gasteiger partial charge on any atom is 0.261 e. The van der Waals surface area contributed by atoms with Crippen molar-refractivity contribution in [3.8, 4) is 23.6 Å². The summed E-state index contributed by atoms with van der Waals surface area (Å²) in [5.41, 5.74) is 1.59. The monoisotopic (exact) mass is 682 g/mol. The van der Waals surface area contributed by atoms with Crippen LogP contribution in [0.1, 0.15) is 48.8 Å². The van der Waals surface area contributed by atoms with Gasteiger partial charge in [0.05, 0.1) is 6.61 Å². The van der Waals surface area contributed by atoms with Gasteiger partial charge in [-0.05, 0) is 91.7 Å². The van der Waals surface area contributed by atoms with Gasteiger partial charge >= 0.3 is 0 Å². The summed E-state index contributed by atoms with van der Waals surface area (Å²) in [5.74, 6) is 1.56. The fourth-order valence-corrected chi connectivity index (χ4v) is 9.43. The van der Waals surface area contributed by atoms with Crippen LogP contribution in [-0.4, -0.2) is 70.4 Å². The number of fused-ring (bicyclic) bond motifs is 1. The maximum atomic E-state index is 10.7. The molecular weight excluding hydrogens is 644 g/mol. The van der Waals surface area contributed by atoms with Crippen molar-refractivity contribution in [2.75, 3.05) is 13.7 Å². The van der Waals surface area contributed by atoms with Crippen LogP contribution in [0.4, 0.5) is 0 Å². The molecule has 4 bridgehead atoms. The van der Waals surface area contributed by atoms with Crippen LogP contribution in [0.2, 0.25) is 0 Å². The molecule has 6 fully saturated rings. The number of nitriles is 2. The Morgan fingerprint density at radius 2 is 1.64 bits per heavy atom. The zero-order chi connectivity index (χ0) is 34.8. The molecular formula is C38H38N2O10. The van der Waals surface area contributed by atoms with Crippen LogP contribution in [0.15, 0.2) is 65.9 Å². The zero-order valence-corrected chi connectivity index (χ0v) is 27.3. The second-order valence-electron chi connectivity index (χ2n) is 14.1. The number of benzene rings is 2. The molecule has 4 N–H and O–H groups in total. The molecule has 4 aliphatic carbocycles. The van der Waals surface area contributed by atoms with E-state index < -0.39 is 48.7 Å². The van der Waals surface area contributed by atoms with Crippen molar-refractivity contribution in [2.24, 2.45) is 23.7 Å². The van der Waals surface area contributed by atoms with E-state index in [4.69, 9.17) is 28.7 Å². The summed E-state index contributed by atoms with van der Waals surface area (Å²) in [4.78, 5) is 12.3. The summed E-state index contributed by atoms with van der Waals surface area (Å²) >= 11 is 0. The molecule has 0 aromatic heterocycles. The normalized spacial score (nSPS) is 38.1. The number of ether oxygens (including phenoxy) is 4. The molecule has 4 unspecified atom stereocenters. The standard InChI is InChI=1S/C38H38N2O10/c1-45-38(37(49-50-38)24-11-20-10-21(13-24)14-25(37)12-20)30-16-27(47-36-35(44)34(43)33(42)32(19-41)48-36)9-7-22(30)6-8-26-15-29(23(17-39)18-40)28-4-2-3-5-31(28)46-26/h2-9,15-16,20-21,24-25,32-36,41-44H,10-14,19H2,1H3/b8-6+/t20?,21?,24?,25?,32?,33-,34?,35?,36+,37?,38?/m0/s1. The number of aliphatic hydroxyl groups excluding tert-OH is 4. The number of aliphatic hydroxyl groups is 4. The van der Waals surface area contributed by atoms with Crippen LogP contribution in [0.25, 0.3) is 11.6 Å². The van der Waals surface area contributed by atoms with Crippen molar-refractivity contribution in [3.05, 3.63) is 82.6 Å². The van der Waals surface area contributed by atoms with Gasteiger partial charge in [0, 0.05) is 23.8 Å². The van der Waals surface area contributed by atoms with Crippen molar-refractivity contribution in [2.45, 2.75) is 74.2 Å². The molecule has 4 saturated carbocycles. The minimum atomic E-state index is -1.60. The van der Waals surface area contributed by atoms with E-state index in [0.717, 1.165) is 25.7 Å². The highest BCUT2D eigenvalue weighted by molar-refractivity contribution is 5.87. The molecule has 2 aromatic carbocycles. The molecule has 50 heavy (non-hydrogen) atoms. The lowest BCUT2D eigenvalue weighted by Gasteiger charge is -2.68. The summed E-state index contributed by atoms with van der Waals surface area (Å²) in [5, 5.41) is 60.4. The van der Waals surface area contributed by atoms with Crippen molar-refractivity contribution in [1.29, 1.82) is 10.5 Å². The van der Waals surface area contributed by atoms with Gasteiger partial charge < -0.3 is 39.4 Å². The number of para-hydroxylation sites is 1. The summed E-state index contributed by atoms with van der Waals surface area (Å²) in [6, 6.07) is 16.4. The van der Waals surface area contributed by atoms with Gasteiger partial charge in [-0.2, -0.15) is 15.4 Å². The number of allylic oxidation sites excluding steroid dienone is 4. The van der Waals surface area contributed by atoms with Crippen LogP contribution in [-0.2, 0) is 25.0 Å².